The van der Waals surface area contributed by atoms with E-state index in [-0.39, 0.29) is 23.5 Å². The average Bonchev–Trinajstić information content (AvgIpc) is 2.40. The summed E-state index contributed by atoms with van der Waals surface area (Å²) in [5.74, 6) is -1.38. The molecule has 1 fully saturated rings. The molecule has 22 heavy (non-hydrogen) atoms. The summed E-state index contributed by atoms with van der Waals surface area (Å²) in [6.07, 6.45) is 1.14. The Kier molecular flexibility index (Phi) is 5.15. The van der Waals surface area contributed by atoms with Crippen LogP contribution in [-0.2, 0) is 14.8 Å². The molecule has 1 aromatic carbocycles. The first-order chi connectivity index (χ1) is 10.3. The molecule has 0 bridgehead atoms. The highest BCUT2D eigenvalue weighted by Crippen LogP contribution is 2.27. The molecule has 0 radical (unpaired) electrons. The van der Waals surface area contributed by atoms with Crippen molar-refractivity contribution in [3.63, 3.8) is 0 Å². The van der Waals surface area contributed by atoms with Crippen LogP contribution >= 0.6 is 0 Å². The molecular formula is C14H19FN2O4S. The summed E-state index contributed by atoms with van der Waals surface area (Å²) in [6.45, 7) is 2.44. The summed E-state index contributed by atoms with van der Waals surface area (Å²) in [5, 5.41) is 8.82. The first-order valence-electron chi connectivity index (χ1n) is 7.05. The Balaban J connectivity index is 1.91. The predicted molar refractivity (Wildman–Crippen MR) is 78.4 cm³/mol. The molecule has 0 heterocycles. The number of carboxylic acids is 1. The molecule has 0 atom stereocenters. The number of rotatable bonds is 7. The fraction of sp³-hybridized carbons (Fsp3) is 0.500. The largest absolute Gasteiger partial charge is 0.480 e. The van der Waals surface area contributed by atoms with Crippen molar-refractivity contribution in [2.45, 2.75) is 36.7 Å². The third-order valence-electron chi connectivity index (χ3n) is 3.82. The van der Waals surface area contributed by atoms with Crippen molar-refractivity contribution in [3.8, 4) is 0 Å². The van der Waals surface area contributed by atoms with E-state index in [0.717, 1.165) is 12.1 Å². The van der Waals surface area contributed by atoms with Crippen LogP contribution in [0.5, 0.6) is 0 Å². The number of carboxylic acid groups (broad SMARTS) is 1. The Morgan fingerprint density at radius 1 is 1.36 bits per heavy atom. The monoisotopic (exact) mass is 330 g/mol. The van der Waals surface area contributed by atoms with Crippen LogP contribution in [0.3, 0.4) is 0 Å². The molecule has 8 heteroatoms. The molecule has 0 spiro atoms. The van der Waals surface area contributed by atoms with Crippen molar-refractivity contribution in [2.24, 2.45) is 0 Å². The number of nitrogens with zero attached hydrogens (tertiary/aromatic N) is 1. The van der Waals surface area contributed by atoms with Gasteiger partial charge in [-0.3, -0.25) is 9.69 Å². The maximum Gasteiger partial charge on any atom is 0.317 e. The van der Waals surface area contributed by atoms with Gasteiger partial charge in [0.05, 0.1) is 11.4 Å². The van der Waals surface area contributed by atoms with E-state index >= 15 is 0 Å². The lowest BCUT2D eigenvalue weighted by atomic mass is 9.86. The minimum Gasteiger partial charge on any atom is -0.480 e. The fourth-order valence-electron chi connectivity index (χ4n) is 2.56. The van der Waals surface area contributed by atoms with Crippen LogP contribution in [-0.4, -0.2) is 49.6 Å². The number of carbonyl (C=O) groups is 1. The van der Waals surface area contributed by atoms with E-state index in [0.29, 0.717) is 19.4 Å². The Morgan fingerprint density at radius 2 is 1.95 bits per heavy atom. The maximum absolute atomic E-state index is 12.8. The van der Waals surface area contributed by atoms with Crippen LogP contribution in [0.2, 0.25) is 0 Å². The molecule has 1 aromatic rings. The Hall–Kier alpha value is -1.51. The maximum atomic E-state index is 12.8. The zero-order chi connectivity index (χ0) is 16.3. The van der Waals surface area contributed by atoms with Crippen LogP contribution in [0.25, 0.3) is 0 Å². The van der Waals surface area contributed by atoms with Gasteiger partial charge in [0, 0.05) is 12.1 Å². The van der Waals surface area contributed by atoms with Crippen molar-refractivity contribution in [3.05, 3.63) is 30.1 Å². The van der Waals surface area contributed by atoms with Gasteiger partial charge in [-0.2, -0.15) is 0 Å². The van der Waals surface area contributed by atoms with Gasteiger partial charge in [-0.05, 0) is 43.7 Å². The van der Waals surface area contributed by atoms with Crippen LogP contribution in [0, 0.1) is 5.82 Å². The minimum atomic E-state index is -3.67. The van der Waals surface area contributed by atoms with E-state index in [1.165, 1.54) is 12.1 Å². The van der Waals surface area contributed by atoms with E-state index in [1.54, 1.807) is 0 Å². The van der Waals surface area contributed by atoms with Crippen molar-refractivity contribution >= 4 is 16.0 Å². The standard InChI is InChI=1S/C14H19FN2O4S/c1-2-17(9-14(18)19)12-7-11(8-12)16-22(20,21)13-5-3-10(15)4-6-13/h3-6,11-12,16H,2,7-9H2,1H3,(H,18,19). The zero-order valence-electron chi connectivity index (χ0n) is 12.2. The number of halogens is 1. The number of sulfonamides is 1. The van der Waals surface area contributed by atoms with Gasteiger partial charge in [0.1, 0.15) is 5.82 Å². The molecule has 1 aliphatic rings. The molecule has 1 aliphatic carbocycles. The number of likely N-dealkylation sites (N-methyl/N-ethyl adjacent to an activating group) is 1. The lowest BCUT2D eigenvalue weighted by molar-refractivity contribution is -0.139. The van der Waals surface area contributed by atoms with Gasteiger partial charge in [-0.15, -0.1) is 0 Å². The van der Waals surface area contributed by atoms with E-state index < -0.39 is 21.8 Å². The molecule has 0 saturated heterocycles. The molecular weight excluding hydrogens is 311 g/mol. The zero-order valence-corrected chi connectivity index (χ0v) is 13.0. The van der Waals surface area contributed by atoms with Crippen molar-refractivity contribution in [1.29, 1.82) is 0 Å². The molecule has 2 rings (SSSR count). The summed E-state index contributed by atoms with van der Waals surface area (Å²) in [4.78, 5) is 12.6. The van der Waals surface area contributed by atoms with E-state index in [9.17, 15) is 17.6 Å². The summed E-state index contributed by atoms with van der Waals surface area (Å²) in [6, 6.07) is 4.49. The molecule has 0 aromatic heterocycles. The van der Waals surface area contributed by atoms with Crippen molar-refractivity contribution in [2.75, 3.05) is 13.1 Å². The summed E-state index contributed by atoms with van der Waals surface area (Å²) in [5.41, 5.74) is 0. The van der Waals surface area contributed by atoms with Gasteiger partial charge in [0.25, 0.3) is 0 Å². The van der Waals surface area contributed by atoms with Crippen LogP contribution in [0.4, 0.5) is 4.39 Å². The van der Waals surface area contributed by atoms with E-state index in [4.69, 9.17) is 5.11 Å². The second-order valence-electron chi connectivity index (χ2n) is 5.35. The molecule has 0 aliphatic heterocycles. The highest BCUT2D eigenvalue weighted by Gasteiger charge is 2.36. The predicted octanol–water partition coefficient (Wildman–Crippen LogP) is 1.04. The van der Waals surface area contributed by atoms with Crippen molar-refractivity contribution < 1.29 is 22.7 Å². The van der Waals surface area contributed by atoms with Crippen LogP contribution < -0.4 is 4.72 Å². The number of nitrogens with one attached hydrogen (secondary N) is 1. The highest BCUT2D eigenvalue weighted by molar-refractivity contribution is 7.89. The van der Waals surface area contributed by atoms with E-state index in [1.807, 2.05) is 11.8 Å². The number of hydrogen-bond donors (Lipinski definition) is 2. The molecule has 0 amide bonds. The van der Waals surface area contributed by atoms with Crippen LogP contribution in [0.1, 0.15) is 19.8 Å². The normalized spacial score (nSPS) is 21.6. The SMILES string of the molecule is CCN(CC(=O)O)C1CC(NS(=O)(=O)c2ccc(F)cc2)C1. The first-order valence-corrected chi connectivity index (χ1v) is 8.54. The second-order valence-corrected chi connectivity index (χ2v) is 7.07. The number of benzene rings is 1. The Morgan fingerprint density at radius 3 is 2.45 bits per heavy atom. The third kappa shape index (κ3) is 4.02. The molecule has 6 nitrogen and oxygen atoms in total. The van der Waals surface area contributed by atoms with Gasteiger partial charge < -0.3 is 5.11 Å². The topological polar surface area (TPSA) is 86.7 Å². The number of aliphatic carboxylic acids is 1. The summed E-state index contributed by atoms with van der Waals surface area (Å²) >= 11 is 0. The van der Waals surface area contributed by atoms with Gasteiger partial charge in [0.2, 0.25) is 10.0 Å². The van der Waals surface area contributed by atoms with Gasteiger partial charge in [0.15, 0.2) is 0 Å². The average molecular weight is 330 g/mol. The third-order valence-corrected chi connectivity index (χ3v) is 5.36. The molecule has 122 valence electrons. The second kappa shape index (κ2) is 6.72. The lowest BCUT2D eigenvalue weighted by Gasteiger charge is -2.42. The summed E-state index contributed by atoms with van der Waals surface area (Å²) < 4.78 is 39.7. The fourth-order valence-corrected chi connectivity index (χ4v) is 3.82. The smallest absolute Gasteiger partial charge is 0.317 e. The molecule has 2 N–H and O–H groups in total. The van der Waals surface area contributed by atoms with Gasteiger partial charge in [-0.1, -0.05) is 6.92 Å². The summed E-state index contributed by atoms with van der Waals surface area (Å²) in [7, 11) is -3.67. The van der Waals surface area contributed by atoms with Crippen molar-refractivity contribution in [1.82, 2.24) is 9.62 Å². The molecule has 1 saturated carbocycles. The first kappa shape index (κ1) is 16.9. The van der Waals surface area contributed by atoms with Gasteiger partial charge >= 0.3 is 5.97 Å². The number of hydrogen-bond acceptors (Lipinski definition) is 4. The van der Waals surface area contributed by atoms with Gasteiger partial charge in [-0.25, -0.2) is 17.5 Å². The van der Waals surface area contributed by atoms with E-state index in [2.05, 4.69) is 4.72 Å². The molecule has 0 unspecified atom stereocenters. The highest BCUT2D eigenvalue weighted by atomic mass is 32.2. The minimum absolute atomic E-state index is 0.0234. The van der Waals surface area contributed by atoms with Crippen LogP contribution in [0.15, 0.2) is 29.2 Å². The Labute approximate surface area is 129 Å². The quantitative estimate of drug-likeness (QED) is 0.780. The Bertz CT molecular complexity index is 627. The lowest BCUT2D eigenvalue weighted by Crippen LogP contribution is -2.54.